The van der Waals surface area contributed by atoms with Crippen LogP contribution in [0.4, 0.5) is 5.82 Å². The van der Waals surface area contributed by atoms with Crippen LogP contribution < -0.4 is 10.6 Å². The van der Waals surface area contributed by atoms with Gasteiger partial charge in [-0.15, -0.1) is 0 Å². The quantitative estimate of drug-likeness (QED) is 0.686. The van der Waals surface area contributed by atoms with Gasteiger partial charge in [0.1, 0.15) is 11.9 Å². The van der Waals surface area contributed by atoms with Gasteiger partial charge in [0.2, 0.25) is 0 Å². The lowest BCUT2D eigenvalue weighted by Gasteiger charge is -2.24. The van der Waals surface area contributed by atoms with Crippen LogP contribution in [0.2, 0.25) is 0 Å². The maximum Gasteiger partial charge on any atom is 0.147 e. The molecule has 126 valence electrons. The van der Waals surface area contributed by atoms with Crippen LogP contribution in [0.15, 0.2) is 30.6 Å². The van der Waals surface area contributed by atoms with Crippen LogP contribution in [0.1, 0.15) is 24.1 Å². The van der Waals surface area contributed by atoms with Crippen molar-refractivity contribution in [3.05, 3.63) is 41.9 Å². The molecule has 0 amide bonds. The molecule has 1 aromatic carbocycles. The van der Waals surface area contributed by atoms with Crippen molar-refractivity contribution in [1.29, 1.82) is 5.26 Å². The van der Waals surface area contributed by atoms with Gasteiger partial charge in [-0.3, -0.25) is 0 Å². The second-order valence-corrected chi connectivity index (χ2v) is 6.40. The number of hydrogen-bond acceptors (Lipinski definition) is 5. The Balaban J connectivity index is 1.66. The molecule has 3 aromatic rings. The molecule has 0 saturated carbocycles. The fourth-order valence-electron chi connectivity index (χ4n) is 3.37. The monoisotopic (exact) mass is 332 g/mol. The summed E-state index contributed by atoms with van der Waals surface area (Å²) in [7, 11) is 0. The number of rotatable bonds is 3. The molecule has 3 N–H and O–H groups in total. The first-order valence-corrected chi connectivity index (χ1v) is 8.57. The SMILES string of the molecule is Cc1nc(-c2c[nH]c3c(C#N)cccc23)cnc1NC1CCNCC1. The van der Waals surface area contributed by atoms with Crippen LogP contribution in [0.25, 0.3) is 22.2 Å². The highest BCUT2D eigenvalue weighted by Gasteiger charge is 2.16. The zero-order chi connectivity index (χ0) is 17.2. The third-order valence-corrected chi connectivity index (χ3v) is 4.74. The molecule has 0 aliphatic carbocycles. The molecule has 0 atom stereocenters. The lowest BCUT2D eigenvalue weighted by atomic mass is 10.1. The highest BCUT2D eigenvalue weighted by Crippen LogP contribution is 2.29. The van der Waals surface area contributed by atoms with Gasteiger partial charge in [-0.1, -0.05) is 12.1 Å². The molecule has 1 aliphatic heterocycles. The smallest absolute Gasteiger partial charge is 0.147 e. The number of aromatic amines is 1. The highest BCUT2D eigenvalue weighted by molar-refractivity contribution is 5.97. The fraction of sp³-hybridized carbons (Fsp3) is 0.316. The number of fused-ring (bicyclic) bond motifs is 1. The number of para-hydroxylation sites is 1. The number of nitrogens with zero attached hydrogens (tertiary/aromatic N) is 3. The van der Waals surface area contributed by atoms with E-state index in [-0.39, 0.29) is 0 Å². The zero-order valence-electron chi connectivity index (χ0n) is 14.1. The molecule has 0 spiro atoms. The highest BCUT2D eigenvalue weighted by atomic mass is 15.1. The Morgan fingerprint density at radius 2 is 2.12 bits per heavy atom. The molecule has 1 fully saturated rings. The van der Waals surface area contributed by atoms with E-state index >= 15 is 0 Å². The lowest BCUT2D eigenvalue weighted by molar-refractivity contribution is 0.478. The number of H-pyrrole nitrogens is 1. The van der Waals surface area contributed by atoms with Crippen LogP contribution in [0.3, 0.4) is 0 Å². The van der Waals surface area contributed by atoms with Gasteiger partial charge in [0.05, 0.1) is 28.7 Å². The van der Waals surface area contributed by atoms with Crippen molar-refractivity contribution in [2.24, 2.45) is 0 Å². The summed E-state index contributed by atoms with van der Waals surface area (Å²) in [5.41, 5.74) is 4.15. The fourth-order valence-corrected chi connectivity index (χ4v) is 3.37. The lowest BCUT2D eigenvalue weighted by Crippen LogP contribution is -2.35. The molecular weight excluding hydrogens is 312 g/mol. The van der Waals surface area contributed by atoms with Gasteiger partial charge in [-0.2, -0.15) is 5.26 Å². The zero-order valence-corrected chi connectivity index (χ0v) is 14.1. The second kappa shape index (κ2) is 6.54. The maximum absolute atomic E-state index is 9.24. The van der Waals surface area contributed by atoms with E-state index in [4.69, 9.17) is 4.98 Å². The van der Waals surface area contributed by atoms with Crippen molar-refractivity contribution in [3.8, 4) is 17.3 Å². The number of benzene rings is 1. The molecule has 1 aliphatic rings. The van der Waals surface area contributed by atoms with E-state index < -0.39 is 0 Å². The summed E-state index contributed by atoms with van der Waals surface area (Å²) in [5, 5.41) is 17.1. The summed E-state index contributed by atoms with van der Waals surface area (Å²) < 4.78 is 0. The van der Waals surface area contributed by atoms with Gasteiger partial charge < -0.3 is 15.6 Å². The minimum atomic E-state index is 0.450. The molecule has 25 heavy (non-hydrogen) atoms. The van der Waals surface area contributed by atoms with E-state index in [0.29, 0.717) is 11.6 Å². The summed E-state index contributed by atoms with van der Waals surface area (Å²) in [6.07, 6.45) is 5.90. The molecule has 0 radical (unpaired) electrons. The normalized spacial score (nSPS) is 15.2. The molecular formula is C19H20N6. The summed E-state index contributed by atoms with van der Waals surface area (Å²) in [6.45, 7) is 4.06. The van der Waals surface area contributed by atoms with Crippen molar-refractivity contribution in [2.45, 2.75) is 25.8 Å². The van der Waals surface area contributed by atoms with Crippen LogP contribution in [-0.4, -0.2) is 34.1 Å². The number of anilines is 1. The van der Waals surface area contributed by atoms with E-state index in [1.165, 1.54) is 0 Å². The largest absolute Gasteiger partial charge is 0.366 e. The molecule has 2 aromatic heterocycles. The van der Waals surface area contributed by atoms with Crippen molar-refractivity contribution >= 4 is 16.7 Å². The van der Waals surface area contributed by atoms with Crippen molar-refractivity contribution in [2.75, 3.05) is 18.4 Å². The van der Waals surface area contributed by atoms with Gasteiger partial charge in [0.25, 0.3) is 0 Å². The number of hydrogen-bond donors (Lipinski definition) is 3. The van der Waals surface area contributed by atoms with Crippen LogP contribution >= 0.6 is 0 Å². The Labute approximate surface area is 146 Å². The Morgan fingerprint density at radius 3 is 2.88 bits per heavy atom. The maximum atomic E-state index is 9.24. The first-order valence-electron chi connectivity index (χ1n) is 8.57. The second-order valence-electron chi connectivity index (χ2n) is 6.40. The van der Waals surface area contributed by atoms with Crippen molar-refractivity contribution < 1.29 is 0 Å². The number of piperidine rings is 1. The van der Waals surface area contributed by atoms with Gasteiger partial charge in [0.15, 0.2) is 0 Å². The first kappa shape index (κ1) is 15.6. The molecule has 1 saturated heterocycles. The minimum absolute atomic E-state index is 0.450. The number of aromatic nitrogens is 3. The van der Waals surface area contributed by atoms with Crippen molar-refractivity contribution in [1.82, 2.24) is 20.3 Å². The Hall–Kier alpha value is -2.91. The van der Waals surface area contributed by atoms with Gasteiger partial charge in [0, 0.05) is 23.2 Å². The topological polar surface area (TPSA) is 89.4 Å². The number of nitrogens with one attached hydrogen (secondary N) is 3. The first-order chi connectivity index (χ1) is 12.3. The summed E-state index contributed by atoms with van der Waals surface area (Å²) >= 11 is 0. The Kier molecular flexibility index (Phi) is 4.08. The Morgan fingerprint density at radius 1 is 1.28 bits per heavy atom. The van der Waals surface area contributed by atoms with Crippen molar-refractivity contribution in [3.63, 3.8) is 0 Å². The Bertz CT molecular complexity index is 946. The number of aryl methyl sites for hydroxylation is 1. The third-order valence-electron chi connectivity index (χ3n) is 4.74. The van der Waals surface area contributed by atoms with E-state index in [1.54, 1.807) is 6.20 Å². The molecule has 0 bridgehead atoms. The molecule has 3 heterocycles. The minimum Gasteiger partial charge on any atom is -0.366 e. The van der Waals surface area contributed by atoms with E-state index in [9.17, 15) is 5.26 Å². The van der Waals surface area contributed by atoms with Gasteiger partial charge in [-0.05, 0) is 38.9 Å². The number of nitriles is 1. The molecule has 4 rings (SSSR count). The van der Waals surface area contributed by atoms with Crippen LogP contribution in [0, 0.1) is 18.3 Å². The summed E-state index contributed by atoms with van der Waals surface area (Å²) in [4.78, 5) is 12.5. The van der Waals surface area contributed by atoms with Crippen LogP contribution in [-0.2, 0) is 0 Å². The standard InChI is InChI=1S/C19H20N6/c1-12-19(25-14-5-7-21-8-6-14)23-11-17(24-12)16-10-22-18-13(9-20)3-2-4-15(16)18/h2-4,10-11,14,21-22H,5-8H2,1H3,(H,23,25). The average molecular weight is 332 g/mol. The summed E-state index contributed by atoms with van der Waals surface area (Å²) in [5.74, 6) is 0.855. The molecule has 6 heteroatoms. The summed E-state index contributed by atoms with van der Waals surface area (Å²) in [6, 6.07) is 8.37. The van der Waals surface area contributed by atoms with E-state index in [0.717, 1.165) is 59.6 Å². The third kappa shape index (κ3) is 2.94. The molecule has 6 nitrogen and oxygen atoms in total. The molecule has 0 unspecified atom stereocenters. The van der Waals surface area contributed by atoms with E-state index in [1.807, 2.05) is 31.3 Å². The predicted molar refractivity (Wildman–Crippen MR) is 98.3 cm³/mol. The van der Waals surface area contributed by atoms with Gasteiger partial charge in [-0.25, -0.2) is 9.97 Å². The van der Waals surface area contributed by atoms with Crippen LogP contribution in [0.5, 0.6) is 0 Å². The predicted octanol–water partition coefficient (Wildman–Crippen LogP) is 2.97. The van der Waals surface area contributed by atoms with E-state index in [2.05, 4.69) is 26.7 Å². The van der Waals surface area contributed by atoms with Gasteiger partial charge >= 0.3 is 0 Å². The average Bonchev–Trinajstić information content (AvgIpc) is 3.08.